The third-order valence-corrected chi connectivity index (χ3v) is 6.31. The van der Waals surface area contributed by atoms with E-state index in [2.05, 4.69) is 6.92 Å². The maximum atomic E-state index is 10.1. The molecular formula is C24H46O5S. The number of aliphatic hydroxyl groups excluding tert-OH is 3. The van der Waals surface area contributed by atoms with Gasteiger partial charge >= 0.3 is 0 Å². The zero-order chi connectivity index (χ0) is 22.0. The molecule has 1 aliphatic heterocycles. The van der Waals surface area contributed by atoms with Crippen LogP contribution in [0, 0.1) is 0 Å². The first-order valence-electron chi connectivity index (χ1n) is 12.4. The second-order valence-corrected chi connectivity index (χ2v) is 9.22. The molecule has 1 aliphatic rings. The van der Waals surface area contributed by atoms with Crippen molar-refractivity contribution < 1.29 is 24.8 Å². The molecule has 6 heteroatoms. The Kier molecular flexibility index (Phi) is 17.0. The lowest BCUT2D eigenvalue weighted by molar-refractivity contribution is -0.190. The zero-order valence-corrected chi connectivity index (χ0v) is 19.9. The van der Waals surface area contributed by atoms with Gasteiger partial charge in [0.05, 0.1) is 13.2 Å². The summed E-state index contributed by atoms with van der Waals surface area (Å²) >= 11 is 5.27. The van der Waals surface area contributed by atoms with Gasteiger partial charge in [0, 0.05) is 6.42 Å². The molecule has 1 rings (SSSR count). The van der Waals surface area contributed by atoms with Crippen LogP contribution in [-0.4, -0.2) is 58.0 Å². The molecule has 3 N–H and O–H groups in total. The summed E-state index contributed by atoms with van der Waals surface area (Å²) in [5.74, 6) is 0. The molecular weight excluding hydrogens is 400 g/mol. The molecule has 0 radical (unpaired) electrons. The standard InChI is InChI=1S/C24H46O5S/c1-2-3-4-5-6-7-8-9-10-11-12-13-14-15-16-17-22(30)29-24-20(26)19-28-21(18-25)23(24)27/h20-21,23-27H,2-19H2,1H3/t20-,21+,23+,24+/m0/s1. The highest BCUT2D eigenvalue weighted by molar-refractivity contribution is 7.80. The minimum atomic E-state index is -1.07. The number of rotatable bonds is 18. The van der Waals surface area contributed by atoms with E-state index in [1.807, 2.05) is 0 Å². The maximum absolute atomic E-state index is 10.1. The van der Waals surface area contributed by atoms with E-state index in [1.165, 1.54) is 83.5 Å². The van der Waals surface area contributed by atoms with Crippen molar-refractivity contribution in [1.82, 2.24) is 0 Å². The van der Waals surface area contributed by atoms with E-state index in [-0.39, 0.29) is 13.2 Å². The summed E-state index contributed by atoms with van der Waals surface area (Å²) in [6.45, 7) is 2.00. The lowest BCUT2D eigenvalue weighted by Gasteiger charge is -2.37. The van der Waals surface area contributed by atoms with Gasteiger partial charge < -0.3 is 24.8 Å². The molecule has 0 aromatic heterocycles. The molecule has 0 bridgehead atoms. The summed E-state index contributed by atoms with van der Waals surface area (Å²) in [5, 5.41) is 29.7. The number of unbranched alkanes of at least 4 members (excludes halogenated alkanes) is 14. The third kappa shape index (κ3) is 12.6. The van der Waals surface area contributed by atoms with Gasteiger partial charge in [0.25, 0.3) is 0 Å². The van der Waals surface area contributed by atoms with E-state index in [0.29, 0.717) is 11.5 Å². The van der Waals surface area contributed by atoms with Crippen molar-refractivity contribution in [1.29, 1.82) is 0 Å². The van der Waals surface area contributed by atoms with Gasteiger partial charge in [-0.2, -0.15) is 0 Å². The van der Waals surface area contributed by atoms with Crippen LogP contribution in [0.3, 0.4) is 0 Å². The van der Waals surface area contributed by atoms with Crippen LogP contribution in [0.5, 0.6) is 0 Å². The average molecular weight is 447 g/mol. The minimum Gasteiger partial charge on any atom is -0.478 e. The largest absolute Gasteiger partial charge is 0.478 e. The topological polar surface area (TPSA) is 79.2 Å². The van der Waals surface area contributed by atoms with Gasteiger partial charge in [-0.3, -0.25) is 0 Å². The van der Waals surface area contributed by atoms with Gasteiger partial charge in [-0.25, -0.2) is 0 Å². The predicted molar refractivity (Wildman–Crippen MR) is 126 cm³/mol. The number of thiocarbonyl (C=S) groups is 1. The molecule has 1 heterocycles. The highest BCUT2D eigenvalue weighted by Crippen LogP contribution is 2.20. The Labute approximate surface area is 189 Å². The van der Waals surface area contributed by atoms with E-state index in [1.54, 1.807) is 0 Å². The van der Waals surface area contributed by atoms with E-state index < -0.39 is 24.4 Å². The molecule has 0 aromatic rings. The van der Waals surface area contributed by atoms with Gasteiger partial charge in [-0.05, 0) is 18.6 Å². The minimum absolute atomic E-state index is 0.0362. The molecule has 1 fully saturated rings. The van der Waals surface area contributed by atoms with E-state index in [0.717, 1.165) is 12.8 Å². The Morgan fingerprint density at radius 3 is 1.77 bits per heavy atom. The van der Waals surface area contributed by atoms with Crippen molar-refractivity contribution in [2.75, 3.05) is 13.2 Å². The van der Waals surface area contributed by atoms with Gasteiger partial charge in [-0.1, -0.05) is 96.8 Å². The van der Waals surface area contributed by atoms with Crippen LogP contribution in [0.4, 0.5) is 0 Å². The lowest BCUT2D eigenvalue weighted by atomic mass is 10.0. The van der Waals surface area contributed by atoms with Crippen molar-refractivity contribution >= 4 is 17.3 Å². The Balaban J connectivity index is 1.91. The molecule has 0 aromatic carbocycles. The van der Waals surface area contributed by atoms with Gasteiger partial charge in [0.2, 0.25) is 0 Å². The number of aliphatic hydroxyl groups is 3. The fourth-order valence-corrected chi connectivity index (χ4v) is 4.27. The fourth-order valence-electron chi connectivity index (χ4n) is 4.02. The van der Waals surface area contributed by atoms with Crippen molar-refractivity contribution in [2.45, 2.75) is 134 Å². The first kappa shape index (κ1) is 27.8. The highest BCUT2D eigenvalue weighted by atomic mass is 32.1. The average Bonchev–Trinajstić information content (AvgIpc) is 2.74. The van der Waals surface area contributed by atoms with Gasteiger partial charge in [0.1, 0.15) is 18.3 Å². The SMILES string of the molecule is CCCCCCCCCCCCCCCCCC(=S)O[C@H]1[C@H](O)[C@@H](CO)OC[C@@H]1O. The van der Waals surface area contributed by atoms with Crippen molar-refractivity contribution in [2.24, 2.45) is 0 Å². The van der Waals surface area contributed by atoms with Crippen molar-refractivity contribution in [3.05, 3.63) is 0 Å². The molecule has 30 heavy (non-hydrogen) atoms. The smallest absolute Gasteiger partial charge is 0.160 e. The van der Waals surface area contributed by atoms with Crippen LogP contribution >= 0.6 is 12.2 Å². The first-order chi connectivity index (χ1) is 14.6. The second kappa shape index (κ2) is 18.3. The first-order valence-corrected chi connectivity index (χ1v) is 12.8. The van der Waals surface area contributed by atoms with E-state index >= 15 is 0 Å². The predicted octanol–water partition coefficient (Wildman–Crippen LogP) is 5.07. The zero-order valence-electron chi connectivity index (χ0n) is 19.1. The van der Waals surface area contributed by atoms with E-state index in [9.17, 15) is 15.3 Å². The number of hydrogen-bond donors (Lipinski definition) is 3. The summed E-state index contributed by atoms with van der Waals surface area (Å²) in [5.41, 5.74) is 0. The quantitative estimate of drug-likeness (QED) is 0.201. The molecule has 0 spiro atoms. The van der Waals surface area contributed by atoms with Crippen molar-refractivity contribution in [3.63, 3.8) is 0 Å². The van der Waals surface area contributed by atoms with Crippen LogP contribution in [0.15, 0.2) is 0 Å². The molecule has 0 unspecified atom stereocenters. The van der Waals surface area contributed by atoms with Crippen LogP contribution in [0.2, 0.25) is 0 Å². The Morgan fingerprint density at radius 1 is 0.833 bits per heavy atom. The van der Waals surface area contributed by atoms with Gasteiger partial charge in [0.15, 0.2) is 11.2 Å². The molecule has 1 saturated heterocycles. The summed E-state index contributed by atoms with van der Waals surface area (Å²) in [6.07, 6.45) is 16.9. The lowest BCUT2D eigenvalue weighted by Crippen LogP contribution is -2.55. The summed E-state index contributed by atoms with van der Waals surface area (Å²) in [7, 11) is 0. The molecule has 0 amide bonds. The second-order valence-electron chi connectivity index (χ2n) is 8.77. The summed E-state index contributed by atoms with van der Waals surface area (Å²) < 4.78 is 10.8. The maximum Gasteiger partial charge on any atom is 0.160 e. The Morgan fingerprint density at radius 2 is 1.30 bits per heavy atom. The fraction of sp³-hybridized carbons (Fsp3) is 0.958. The molecule has 5 nitrogen and oxygen atoms in total. The van der Waals surface area contributed by atoms with Gasteiger partial charge in [-0.15, -0.1) is 0 Å². The monoisotopic (exact) mass is 446 g/mol. The molecule has 0 aliphatic carbocycles. The van der Waals surface area contributed by atoms with Crippen molar-refractivity contribution in [3.8, 4) is 0 Å². The van der Waals surface area contributed by atoms with E-state index in [4.69, 9.17) is 21.7 Å². The van der Waals surface area contributed by atoms with Crippen LogP contribution in [-0.2, 0) is 9.47 Å². The molecule has 178 valence electrons. The summed E-state index contributed by atoms with van der Waals surface area (Å²) in [6, 6.07) is 0. The number of ether oxygens (including phenoxy) is 2. The normalized spacial score (nSPS) is 24.1. The summed E-state index contributed by atoms with van der Waals surface area (Å²) in [4.78, 5) is 0. The van der Waals surface area contributed by atoms with Crippen LogP contribution in [0.1, 0.15) is 110 Å². The third-order valence-electron chi connectivity index (χ3n) is 6.01. The molecule has 4 atom stereocenters. The number of hydrogen-bond acceptors (Lipinski definition) is 6. The van der Waals surface area contributed by atoms with Crippen LogP contribution < -0.4 is 0 Å². The Hall–Kier alpha value is -0.270. The highest BCUT2D eigenvalue weighted by Gasteiger charge is 2.40. The Bertz CT molecular complexity index is 420. The molecule has 0 saturated carbocycles. The van der Waals surface area contributed by atoms with Crippen LogP contribution in [0.25, 0.3) is 0 Å².